The average molecular weight is 307 g/mol. The first-order valence-electron chi connectivity index (χ1n) is 5.36. The number of rotatable bonds is 3. The Kier molecular flexibility index (Phi) is 3.93. The summed E-state index contributed by atoms with van der Waals surface area (Å²) >= 11 is 4.96. The highest BCUT2D eigenvalue weighted by molar-refractivity contribution is 9.10. The molecule has 86 valence electrons. The van der Waals surface area contributed by atoms with Crippen LogP contribution in [0.2, 0.25) is 0 Å². The number of nitrogens with zero attached hydrogens (tertiary/aromatic N) is 2. The van der Waals surface area contributed by atoms with E-state index in [1.54, 1.807) is 11.3 Å². The van der Waals surface area contributed by atoms with E-state index in [9.17, 15) is 0 Å². The van der Waals surface area contributed by atoms with Gasteiger partial charge in [-0.15, -0.1) is 11.3 Å². The van der Waals surface area contributed by atoms with Crippen molar-refractivity contribution < 1.29 is 0 Å². The smallest absolute Gasteiger partial charge is 0.124 e. The summed E-state index contributed by atoms with van der Waals surface area (Å²) in [5.41, 5.74) is 2.43. The van der Waals surface area contributed by atoms with Gasteiger partial charge in [0.15, 0.2) is 0 Å². The molecular formula is C13H11BrN2S. The summed E-state index contributed by atoms with van der Waals surface area (Å²) in [6.45, 7) is 2.14. The summed E-state index contributed by atoms with van der Waals surface area (Å²) < 4.78 is 0.790. The van der Waals surface area contributed by atoms with Crippen LogP contribution >= 0.6 is 27.3 Å². The Morgan fingerprint density at radius 3 is 2.65 bits per heavy atom. The van der Waals surface area contributed by atoms with Crippen LogP contribution in [-0.2, 0) is 12.8 Å². The Morgan fingerprint density at radius 1 is 1.35 bits per heavy atom. The van der Waals surface area contributed by atoms with E-state index < -0.39 is 0 Å². The predicted molar refractivity (Wildman–Crippen MR) is 73.9 cm³/mol. The Labute approximate surface area is 113 Å². The summed E-state index contributed by atoms with van der Waals surface area (Å²) in [6.07, 6.45) is 1.45. The molecule has 0 amide bonds. The van der Waals surface area contributed by atoms with Crippen LogP contribution < -0.4 is 0 Å². The van der Waals surface area contributed by atoms with Gasteiger partial charge in [-0.2, -0.15) is 5.26 Å². The van der Waals surface area contributed by atoms with Crippen molar-refractivity contribution in [3.05, 3.63) is 39.3 Å². The first-order valence-corrected chi connectivity index (χ1v) is 6.97. The first-order chi connectivity index (χ1) is 8.24. The molecule has 2 nitrogen and oxygen atoms in total. The predicted octanol–water partition coefficient (Wildman–Crippen LogP) is 4.20. The molecule has 0 spiro atoms. The monoisotopic (exact) mass is 306 g/mol. The van der Waals surface area contributed by atoms with Crippen molar-refractivity contribution in [3.63, 3.8) is 0 Å². The fourth-order valence-corrected chi connectivity index (χ4v) is 3.09. The van der Waals surface area contributed by atoms with Crippen LogP contribution in [0.5, 0.6) is 0 Å². The van der Waals surface area contributed by atoms with E-state index >= 15 is 0 Å². The fourth-order valence-electron chi connectivity index (χ4n) is 1.52. The van der Waals surface area contributed by atoms with Crippen molar-refractivity contribution in [3.8, 4) is 16.6 Å². The zero-order valence-electron chi connectivity index (χ0n) is 9.40. The lowest BCUT2D eigenvalue weighted by molar-refractivity contribution is 1.14. The van der Waals surface area contributed by atoms with Gasteiger partial charge in [0.1, 0.15) is 9.61 Å². The number of thiazole rings is 1. The summed E-state index contributed by atoms with van der Waals surface area (Å²) in [5.74, 6) is 0. The van der Waals surface area contributed by atoms with Crippen molar-refractivity contribution >= 4 is 27.3 Å². The largest absolute Gasteiger partial charge is 0.229 e. The number of benzene rings is 1. The van der Waals surface area contributed by atoms with E-state index in [1.165, 1.54) is 5.56 Å². The first kappa shape index (κ1) is 12.3. The zero-order chi connectivity index (χ0) is 12.3. The maximum atomic E-state index is 8.70. The van der Waals surface area contributed by atoms with E-state index in [0.717, 1.165) is 26.5 Å². The van der Waals surface area contributed by atoms with Crippen molar-refractivity contribution in [2.45, 2.75) is 19.8 Å². The highest BCUT2D eigenvalue weighted by Crippen LogP contribution is 2.31. The minimum absolute atomic E-state index is 0.408. The molecule has 0 atom stereocenters. The van der Waals surface area contributed by atoms with Crippen LogP contribution in [0.3, 0.4) is 0 Å². The van der Waals surface area contributed by atoms with E-state index in [2.05, 4.69) is 58.2 Å². The van der Waals surface area contributed by atoms with Gasteiger partial charge in [-0.05, 0) is 27.9 Å². The molecule has 4 heteroatoms. The van der Waals surface area contributed by atoms with Gasteiger partial charge in [0, 0.05) is 5.56 Å². The van der Waals surface area contributed by atoms with Gasteiger partial charge in [-0.3, -0.25) is 0 Å². The van der Waals surface area contributed by atoms with Crippen LogP contribution in [0.15, 0.2) is 28.9 Å². The quantitative estimate of drug-likeness (QED) is 0.852. The van der Waals surface area contributed by atoms with Crippen molar-refractivity contribution in [2.24, 2.45) is 0 Å². The third kappa shape index (κ3) is 2.74. The molecule has 0 saturated carbocycles. The molecule has 0 radical (unpaired) electrons. The molecule has 2 rings (SSSR count). The normalized spacial score (nSPS) is 10.2. The maximum Gasteiger partial charge on any atom is 0.124 e. The highest BCUT2D eigenvalue weighted by atomic mass is 79.9. The standard InChI is InChI=1S/C13H11BrN2S/c1-2-9-3-5-10(6-4-9)13-16-12(14)11(17-13)7-8-15/h3-6H,2,7H2,1H3. The van der Waals surface area contributed by atoms with Crippen LogP contribution in [0.4, 0.5) is 0 Å². The molecule has 0 bridgehead atoms. The van der Waals surface area contributed by atoms with Crippen molar-refractivity contribution in [1.29, 1.82) is 5.26 Å². The van der Waals surface area contributed by atoms with Crippen molar-refractivity contribution in [2.75, 3.05) is 0 Å². The molecule has 0 fully saturated rings. The van der Waals surface area contributed by atoms with E-state index in [1.807, 2.05) is 0 Å². The Bertz CT molecular complexity index is 552. The fraction of sp³-hybridized carbons (Fsp3) is 0.231. The molecule has 0 N–H and O–H groups in total. The highest BCUT2D eigenvalue weighted by Gasteiger charge is 2.09. The van der Waals surface area contributed by atoms with Gasteiger partial charge < -0.3 is 0 Å². The van der Waals surface area contributed by atoms with Crippen LogP contribution in [-0.4, -0.2) is 4.98 Å². The van der Waals surface area contributed by atoms with E-state index in [0.29, 0.717) is 6.42 Å². The number of halogens is 1. The average Bonchev–Trinajstić information content (AvgIpc) is 2.72. The number of aryl methyl sites for hydroxylation is 1. The third-order valence-corrected chi connectivity index (χ3v) is 4.52. The van der Waals surface area contributed by atoms with Crippen LogP contribution in [0.25, 0.3) is 10.6 Å². The van der Waals surface area contributed by atoms with Gasteiger partial charge in [-0.25, -0.2) is 4.98 Å². The van der Waals surface area contributed by atoms with Crippen LogP contribution in [0, 0.1) is 11.3 Å². The number of hydrogen-bond donors (Lipinski definition) is 0. The topological polar surface area (TPSA) is 36.7 Å². The second-order valence-corrected chi connectivity index (χ2v) is 5.45. The van der Waals surface area contributed by atoms with Crippen molar-refractivity contribution in [1.82, 2.24) is 4.98 Å². The lowest BCUT2D eigenvalue weighted by Crippen LogP contribution is -1.80. The molecule has 0 saturated heterocycles. The van der Waals surface area contributed by atoms with Gasteiger partial charge in [-0.1, -0.05) is 31.2 Å². The maximum absolute atomic E-state index is 8.70. The minimum Gasteiger partial charge on any atom is -0.229 e. The number of aromatic nitrogens is 1. The summed E-state index contributed by atoms with van der Waals surface area (Å²) in [6, 6.07) is 10.6. The molecular weight excluding hydrogens is 296 g/mol. The minimum atomic E-state index is 0.408. The molecule has 0 unspecified atom stereocenters. The lowest BCUT2D eigenvalue weighted by Gasteiger charge is -1.98. The third-order valence-electron chi connectivity index (χ3n) is 2.50. The van der Waals surface area contributed by atoms with Gasteiger partial charge >= 0.3 is 0 Å². The summed E-state index contributed by atoms with van der Waals surface area (Å²) in [4.78, 5) is 5.43. The molecule has 1 aromatic heterocycles. The number of nitriles is 1. The van der Waals surface area contributed by atoms with Gasteiger partial charge in [0.05, 0.1) is 17.4 Å². The Morgan fingerprint density at radius 2 is 2.06 bits per heavy atom. The molecule has 0 aliphatic heterocycles. The Hall–Kier alpha value is -1.18. The van der Waals surface area contributed by atoms with E-state index in [-0.39, 0.29) is 0 Å². The van der Waals surface area contributed by atoms with Gasteiger partial charge in [0.25, 0.3) is 0 Å². The zero-order valence-corrected chi connectivity index (χ0v) is 11.8. The second-order valence-electron chi connectivity index (χ2n) is 3.62. The van der Waals surface area contributed by atoms with E-state index in [4.69, 9.17) is 5.26 Å². The van der Waals surface area contributed by atoms with Gasteiger partial charge in [0.2, 0.25) is 0 Å². The summed E-state index contributed by atoms with van der Waals surface area (Å²) in [7, 11) is 0. The lowest BCUT2D eigenvalue weighted by atomic mass is 10.1. The SMILES string of the molecule is CCc1ccc(-c2nc(Br)c(CC#N)s2)cc1. The molecule has 2 aromatic rings. The molecule has 1 aromatic carbocycles. The Balaban J connectivity index is 2.33. The van der Waals surface area contributed by atoms with Crippen LogP contribution in [0.1, 0.15) is 17.4 Å². The molecule has 0 aliphatic carbocycles. The molecule has 1 heterocycles. The second kappa shape index (κ2) is 5.44. The number of hydrogen-bond acceptors (Lipinski definition) is 3. The summed E-state index contributed by atoms with van der Waals surface area (Å²) in [5, 5.41) is 9.66. The molecule has 0 aliphatic rings. The molecule has 17 heavy (non-hydrogen) atoms.